The van der Waals surface area contributed by atoms with Crippen molar-refractivity contribution < 1.29 is 23.9 Å². The van der Waals surface area contributed by atoms with E-state index in [1.54, 1.807) is 13.1 Å². The molecule has 0 bridgehead atoms. The molecule has 1 aromatic carbocycles. The highest BCUT2D eigenvalue weighted by Crippen LogP contribution is 2.18. The number of para-hydroxylation sites is 1. The number of fused-ring (bicyclic) bond motifs is 1. The smallest absolute Gasteiger partial charge is 0.337 e. The fraction of sp³-hybridized carbons (Fsp3) is 0.278. The number of carbonyl (C=O) groups is 3. The molecule has 8 nitrogen and oxygen atoms in total. The minimum Gasteiger partial charge on any atom is -0.463 e. The molecule has 0 saturated carbocycles. The Morgan fingerprint density at radius 3 is 2.81 bits per heavy atom. The van der Waals surface area contributed by atoms with Crippen molar-refractivity contribution in [1.29, 1.82) is 0 Å². The lowest BCUT2D eigenvalue weighted by atomic mass is 10.1. The molecule has 1 aliphatic rings. The lowest BCUT2D eigenvalue weighted by molar-refractivity contribution is -0.143. The quantitative estimate of drug-likeness (QED) is 0.677. The largest absolute Gasteiger partial charge is 0.463 e. The fourth-order valence-electron chi connectivity index (χ4n) is 2.71. The van der Waals surface area contributed by atoms with Gasteiger partial charge in [0.1, 0.15) is 6.61 Å². The molecule has 8 heteroatoms. The maximum Gasteiger partial charge on any atom is 0.337 e. The van der Waals surface area contributed by atoms with Crippen molar-refractivity contribution in [2.75, 3.05) is 19.8 Å². The number of aromatic nitrogens is 1. The van der Waals surface area contributed by atoms with Gasteiger partial charge in [0.15, 0.2) is 0 Å². The number of rotatable bonds is 6. The van der Waals surface area contributed by atoms with Crippen molar-refractivity contribution in [3.8, 4) is 0 Å². The molecule has 1 aliphatic heterocycles. The number of ether oxygens (including phenoxy) is 2. The zero-order chi connectivity index (χ0) is 18.5. The summed E-state index contributed by atoms with van der Waals surface area (Å²) >= 11 is 0. The molecule has 3 rings (SSSR count). The molecular formula is C18H19N3O5. The van der Waals surface area contributed by atoms with Crippen LogP contribution in [0.25, 0.3) is 10.9 Å². The molecule has 0 unspecified atom stereocenters. The summed E-state index contributed by atoms with van der Waals surface area (Å²) in [6, 6.07) is 7.19. The van der Waals surface area contributed by atoms with Crippen LogP contribution in [-0.4, -0.2) is 42.7 Å². The van der Waals surface area contributed by atoms with Gasteiger partial charge in [-0.3, -0.25) is 4.79 Å². The number of urea groups is 1. The number of H-pyrrole nitrogens is 1. The maximum atomic E-state index is 12.2. The second-order valence-corrected chi connectivity index (χ2v) is 5.68. The molecule has 26 heavy (non-hydrogen) atoms. The average Bonchev–Trinajstić information content (AvgIpc) is 3.03. The van der Waals surface area contributed by atoms with Crippen LogP contribution in [0, 0.1) is 0 Å². The predicted octanol–water partition coefficient (Wildman–Crippen LogP) is 1.38. The molecule has 0 saturated heterocycles. The van der Waals surface area contributed by atoms with Gasteiger partial charge in [-0.05, 0) is 18.6 Å². The third-order valence-corrected chi connectivity index (χ3v) is 3.96. The highest BCUT2D eigenvalue weighted by molar-refractivity contribution is 5.94. The van der Waals surface area contributed by atoms with Crippen molar-refractivity contribution in [2.24, 2.45) is 0 Å². The molecule has 0 fully saturated rings. The van der Waals surface area contributed by atoms with Crippen LogP contribution in [-0.2, 0) is 25.5 Å². The molecule has 2 amide bonds. The van der Waals surface area contributed by atoms with Crippen molar-refractivity contribution in [3.63, 3.8) is 0 Å². The summed E-state index contributed by atoms with van der Waals surface area (Å²) in [7, 11) is 0. The van der Waals surface area contributed by atoms with Gasteiger partial charge in [-0.15, -0.1) is 0 Å². The molecule has 0 atom stereocenters. The Hall–Kier alpha value is -3.29. The summed E-state index contributed by atoms with van der Waals surface area (Å²) in [5.74, 6) is -1.01. The van der Waals surface area contributed by atoms with Crippen LogP contribution in [0.2, 0.25) is 0 Å². The lowest BCUT2D eigenvalue weighted by Gasteiger charge is -2.21. The minimum absolute atomic E-state index is 0.0278. The number of hydrogen-bond acceptors (Lipinski definition) is 5. The molecule has 0 aliphatic carbocycles. The number of nitrogens with one attached hydrogen (secondary N) is 3. The first-order valence-electron chi connectivity index (χ1n) is 8.23. The zero-order valence-corrected chi connectivity index (χ0v) is 14.3. The highest BCUT2D eigenvalue weighted by Gasteiger charge is 2.24. The van der Waals surface area contributed by atoms with Crippen molar-refractivity contribution in [2.45, 2.75) is 13.3 Å². The second-order valence-electron chi connectivity index (χ2n) is 5.68. The molecule has 0 radical (unpaired) electrons. The van der Waals surface area contributed by atoms with Crippen LogP contribution in [0.15, 0.2) is 41.7 Å². The van der Waals surface area contributed by atoms with E-state index >= 15 is 0 Å². The zero-order valence-electron chi connectivity index (χ0n) is 14.3. The number of amides is 2. The van der Waals surface area contributed by atoms with Crippen LogP contribution in [0.5, 0.6) is 0 Å². The first kappa shape index (κ1) is 17.5. The minimum atomic E-state index is -0.553. The number of hydrogen-bond donors (Lipinski definition) is 3. The molecule has 2 aromatic rings. The number of aromatic amines is 1. The van der Waals surface area contributed by atoms with Crippen molar-refractivity contribution >= 4 is 28.9 Å². The van der Waals surface area contributed by atoms with Crippen LogP contribution in [0.4, 0.5) is 4.79 Å². The molecule has 136 valence electrons. The predicted molar refractivity (Wildman–Crippen MR) is 93.2 cm³/mol. The Kier molecular flexibility index (Phi) is 5.21. The third kappa shape index (κ3) is 3.85. The van der Waals surface area contributed by atoms with Gasteiger partial charge in [0, 0.05) is 17.1 Å². The summed E-state index contributed by atoms with van der Waals surface area (Å²) in [5.41, 5.74) is 2.23. The van der Waals surface area contributed by atoms with E-state index < -0.39 is 18.0 Å². The van der Waals surface area contributed by atoms with Gasteiger partial charge in [0.25, 0.3) is 0 Å². The van der Waals surface area contributed by atoms with Crippen LogP contribution < -0.4 is 10.6 Å². The van der Waals surface area contributed by atoms with Gasteiger partial charge in [0.05, 0.1) is 30.8 Å². The maximum absolute atomic E-state index is 12.2. The van der Waals surface area contributed by atoms with Gasteiger partial charge in [-0.25, -0.2) is 9.59 Å². The number of esters is 2. The Labute approximate surface area is 149 Å². The van der Waals surface area contributed by atoms with E-state index in [2.05, 4.69) is 15.6 Å². The lowest BCUT2D eigenvalue weighted by Crippen LogP contribution is -2.45. The summed E-state index contributed by atoms with van der Waals surface area (Å²) in [6.45, 7) is 1.72. The molecule has 1 aromatic heterocycles. The Bertz CT molecular complexity index is 884. The highest BCUT2D eigenvalue weighted by atomic mass is 16.5. The van der Waals surface area contributed by atoms with E-state index in [0.717, 1.165) is 16.5 Å². The van der Waals surface area contributed by atoms with Gasteiger partial charge in [-0.1, -0.05) is 18.2 Å². The summed E-state index contributed by atoms with van der Waals surface area (Å²) in [4.78, 5) is 38.7. The Morgan fingerprint density at radius 2 is 2.00 bits per heavy atom. The second kappa shape index (κ2) is 7.73. The van der Waals surface area contributed by atoms with Crippen LogP contribution >= 0.6 is 0 Å². The topological polar surface area (TPSA) is 110 Å². The van der Waals surface area contributed by atoms with E-state index in [1.807, 2.05) is 24.3 Å². The van der Waals surface area contributed by atoms with E-state index in [9.17, 15) is 14.4 Å². The summed E-state index contributed by atoms with van der Waals surface area (Å²) in [6.07, 6.45) is 1.85. The van der Waals surface area contributed by atoms with Gasteiger partial charge >= 0.3 is 18.0 Å². The van der Waals surface area contributed by atoms with E-state index in [4.69, 9.17) is 9.47 Å². The Balaban J connectivity index is 1.67. The average molecular weight is 357 g/mol. The van der Waals surface area contributed by atoms with Crippen LogP contribution in [0.3, 0.4) is 0 Å². The van der Waals surface area contributed by atoms with Crippen molar-refractivity contribution in [1.82, 2.24) is 15.6 Å². The third-order valence-electron chi connectivity index (χ3n) is 3.96. The fourth-order valence-corrected chi connectivity index (χ4v) is 2.71. The molecule has 2 heterocycles. The standard InChI is InChI=1S/C18H19N3O5/c1-2-25-17(23)13-9-20-18(24)21-15(13)10-26-16(22)7-11-8-19-14-6-4-3-5-12(11)14/h3-6,8,19H,2,7,9-10H2,1H3,(H2,20,21,24). The monoisotopic (exact) mass is 357 g/mol. The van der Waals surface area contributed by atoms with Gasteiger partial charge in [-0.2, -0.15) is 0 Å². The molecule has 3 N–H and O–H groups in total. The number of benzene rings is 1. The van der Waals surface area contributed by atoms with Gasteiger partial charge < -0.3 is 25.1 Å². The molecule has 0 spiro atoms. The van der Waals surface area contributed by atoms with Gasteiger partial charge in [0.2, 0.25) is 0 Å². The summed E-state index contributed by atoms with van der Waals surface area (Å²) in [5, 5.41) is 5.94. The Morgan fingerprint density at radius 1 is 1.19 bits per heavy atom. The summed E-state index contributed by atoms with van der Waals surface area (Å²) < 4.78 is 10.2. The SMILES string of the molecule is CCOC(=O)C1=C(COC(=O)Cc2c[nH]c3ccccc23)NC(=O)NC1. The normalized spacial score (nSPS) is 14.0. The van der Waals surface area contributed by atoms with Crippen LogP contribution in [0.1, 0.15) is 12.5 Å². The van der Waals surface area contributed by atoms with E-state index in [-0.39, 0.29) is 37.4 Å². The first-order chi connectivity index (χ1) is 12.6. The molecular weight excluding hydrogens is 338 g/mol. The first-order valence-corrected chi connectivity index (χ1v) is 8.23. The van der Waals surface area contributed by atoms with Crippen molar-refractivity contribution in [3.05, 3.63) is 47.3 Å². The van der Waals surface area contributed by atoms with E-state index in [0.29, 0.717) is 0 Å². The number of carbonyl (C=O) groups excluding carboxylic acids is 3. The van der Waals surface area contributed by atoms with E-state index in [1.165, 1.54) is 0 Å².